The van der Waals surface area contributed by atoms with Gasteiger partial charge in [-0.2, -0.15) is 0 Å². The van der Waals surface area contributed by atoms with Gasteiger partial charge in [-0.1, -0.05) is 23.4 Å². The normalized spacial score (nSPS) is 10.5. The topological polar surface area (TPSA) is 99.1 Å². The Morgan fingerprint density at radius 1 is 1.50 bits per heavy atom. The zero-order valence-corrected chi connectivity index (χ0v) is 10.5. The van der Waals surface area contributed by atoms with Gasteiger partial charge in [0.15, 0.2) is 5.82 Å². The molecule has 0 aliphatic heterocycles. The van der Waals surface area contributed by atoms with Gasteiger partial charge in [-0.25, -0.2) is 4.98 Å². The van der Waals surface area contributed by atoms with E-state index in [1.807, 2.05) is 0 Å². The van der Waals surface area contributed by atoms with Crippen LogP contribution in [0.5, 0.6) is 5.75 Å². The number of rotatable bonds is 4. The number of phenolic OH excluding ortho intramolecular Hbond substituents is 1. The van der Waals surface area contributed by atoms with E-state index in [0.717, 1.165) is 11.8 Å². The summed E-state index contributed by atoms with van der Waals surface area (Å²) >= 11 is 6.96. The summed E-state index contributed by atoms with van der Waals surface area (Å²) < 4.78 is 0. The van der Waals surface area contributed by atoms with E-state index in [1.165, 1.54) is 12.1 Å². The van der Waals surface area contributed by atoms with Crippen molar-refractivity contribution in [2.75, 3.05) is 5.75 Å². The van der Waals surface area contributed by atoms with E-state index in [9.17, 15) is 9.90 Å². The largest absolute Gasteiger partial charge is 0.508 e. The van der Waals surface area contributed by atoms with Crippen LogP contribution in [0.1, 0.15) is 0 Å². The summed E-state index contributed by atoms with van der Waals surface area (Å²) in [6, 6.07) is 4.45. The summed E-state index contributed by atoms with van der Waals surface area (Å²) in [5.74, 6) is -0.624. The number of H-pyrrole nitrogens is 1. The first-order chi connectivity index (χ1) is 8.56. The van der Waals surface area contributed by atoms with Gasteiger partial charge in [0.2, 0.25) is 5.16 Å². The SMILES string of the molecule is O=C(O)CSc1n[nH]c(-c2cc(O)ccc2Cl)n1. The molecular formula is C10H8ClN3O3S. The number of aromatic hydroxyl groups is 1. The fourth-order valence-corrected chi connectivity index (χ4v) is 1.98. The lowest BCUT2D eigenvalue weighted by atomic mass is 10.2. The van der Waals surface area contributed by atoms with Crippen LogP contribution in [0.25, 0.3) is 11.4 Å². The molecule has 0 aliphatic carbocycles. The van der Waals surface area contributed by atoms with Crippen LogP contribution in [0.4, 0.5) is 0 Å². The van der Waals surface area contributed by atoms with Crippen molar-refractivity contribution in [2.45, 2.75) is 5.16 Å². The number of hydrogen-bond donors (Lipinski definition) is 3. The first kappa shape index (κ1) is 12.7. The van der Waals surface area contributed by atoms with Crippen LogP contribution >= 0.6 is 23.4 Å². The van der Waals surface area contributed by atoms with Gasteiger partial charge in [0.1, 0.15) is 5.75 Å². The zero-order chi connectivity index (χ0) is 13.1. The highest BCUT2D eigenvalue weighted by Gasteiger charge is 2.11. The van der Waals surface area contributed by atoms with E-state index in [4.69, 9.17) is 16.7 Å². The van der Waals surface area contributed by atoms with E-state index in [2.05, 4.69) is 15.2 Å². The van der Waals surface area contributed by atoms with E-state index in [1.54, 1.807) is 6.07 Å². The maximum Gasteiger partial charge on any atom is 0.313 e. The molecule has 0 fully saturated rings. The number of carbonyl (C=O) groups is 1. The maximum atomic E-state index is 10.4. The predicted octanol–water partition coefficient (Wildman–Crippen LogP) is 2.01. The Bertz CT molecular complexity index is 587. The second-order valence-electron chi connectivity index (χ2n) is 3.31. The average Bonchev–Trinajstić information content (AvgIpc) is 2.78. The molecule has 1 aromatic carbocycles. The third-order valence-electron chi connectivity index (χ3n) is 1.99. The molecule has 18 heavy (non-hydrogen) atoms. The van der Waals surface area contributed by atoms with Crippen LogP contribution in [0, 0.1) is 0 Å². The summed E-state index contributed by atoms with van der Waals surface area (Å²) in [7, 11) is 0. The van der Waals surface area contributed by atoms with Crippen molar-refractivity contribution in [3.05, 3.63) is 23.2 Å². The van der Waals surface area contributed by atoms with E-state index in [0.29, 0.717) is 21.6 Å². The van der Waals surface area contributed by atoms with Crippen molar-refractivity contribution in [3.8, 4) is 17.1 Å². The minimum Gasteiger partial charge on any atom is -0.508 e. The number of nitrogens with zero attached hydrogens (tertiary/aromatic N) is 2. The highest BCUT2D eigenvalue weighted by molar-refractivity contribution is 7.99. The molecule has 0 spiro atoms. The van der Waals surface area contributed by atoms with Crippen molar-refractivity contribution >= 4 is 29.3 Å². The third-order valence-corrected chi connectivity index (χ3v) is 3.16. The number of aromatic amines is 1. The Morgan fingerprint density at radius 3 is 3.00 bits per heavy atom. The molecule has 8 heteroatoms. The van der Waals surface area contributed by atoms with Gasteiger partial charge < -0.3 is 10.2 Å². The van der Waals surface area contributed by atoms with Gasteiger partial charge in [-0.05, 0) is 18.2 Å². The van der Waals surface area contributed by atoms with Crippen molar-refractivity contribution in [2.24, 2.45) is 0 Å². The number of aliphatic carboxylic acids is 1. The van der Waals surface area contributed by atoms with Crippen molar-refractivity contribution in [3.63, 3.8) is 0 Å². The fraction of sp³-hybridized carbons (Fsp3) is 0.100. The van der Waals surface area contributed by atoms with Crippen LogP contribution < -0.4 is 0 Å². The van der Waals surface area contributed by atoms with Crippen LogP contribution in [0.2, 0.25) is 5.02 Å². The lowest BCUT2D eigenvalue weighted by Gasteiger charge is -2.00. The molecule has 0 aliphatic rings. The molecule has 3 N–H and O–H groups in total. The number of carboxylic acids is 1. The van der Waals surface area contributed by atoms with Crippen molar-refractivity contribution < 1.29 is 15.0 Å². The lowest BCUT2D eigenvalue weighted by Crippen LogP contribution is -1.97. The lowest BCUT2D eigenvalue weighted by molar-refractivity contribution is -0.133. The summed E-state index contributed by atoms with van der Waals surface area (Å²) in [6.07, 6.45) is 0. The number of hydrogen-bond acceptors (Lipinski definition) is 5. The van der Waals surface area contributed by atoms with Gasteiger partial charge in [0.25, 0.3) is 0 Å². The molecule has 2 rings (SSSR count). The first-order valence-corrected chi connectivity index (χ1v) is 6.18. The molecule has 0 bridgehead atoms. The summed E-state index contributed by atoms with van der Waals surface area (Å²) in [5.41, 5.74) is 0.506. The summed E-state index contributed by atoms with van der Waals surface area (Å²) in [6.45, 7) is 0. The minimum atomic E-state index is -0.943. The second-order valence-corrected chi connectivity index (χ2v) is 4.66. The molecule has 94 valence electrons. The van der Waals surface area contributed by atoms with Crippen molar-refractivity contribution in [1.29, 1.82) is 0 Å². The Labute approximate surface area is 111 Å². The molecule has 1 heterocycles. The predicted molar refractivity (Wildman–Crippen MR) is 66.9 cm³/mol. The van der Waals surface area contributed by atoms with Gasteiger partial charge >= 0.3 is 5.97 Å². The standard InChI is InChI=1S/C10H8ClN3O3S/c11-7-2-1-5(15)3-6(7)9-12-10(14-13-9)18-4-8(16)17/h1-3,15H,4H2,(H,16,17)(H,12,13,14). The number of benzene rings is 1. The molecule has 0 radical (unpaired) electrons. The molecule has 6 nitrogen and oxygen atoms in total. The fourth-order valence-electron chi connectivity index (χ4n) is 1.25. The number of phenols is 1. The van der Waals surface area contributed by atoms with Crippen LogP contribution in [-0.2, 0) is 4.79 Å². The Kier molecular flexibility index (Phi) is 3.73. The number of halogens is 1. The molecule has 0 saturated carbocycles. The van der Waals surface area contributed by atoms with Gasteiger partial charge in [0.05, 0.1) is 10.8 Å². The van der Waals surface area contributed by atoms with Crippen LogP contribution in [0.15, 0.2) is 23.4 Å². The quantitative estimate of drug-likeness (QED) is 0.743. The molecule has 1 aromatic heterocycles. The molecule has 2 aromatic rings. The Morgan fingerprint density at radius 2 is 2.28 bits per heavy atom. The Balaban J connectivity index is 2.23. The van der Waals surface area contributed by atoms with E-state index >= 15 is 0 Å². The van der Waals surface area contributed by atoms with Gasteiger partial charge in [-0.3, -0.25) is 9.89 Å². The summed E-state index contributed by atoms with van der Waals surface area (Å²) in [4.78, 5) is 14.5. The van der Waals surface area contributed by atoms with E-state index in [-0.39, 0.29) is 11.5 Å². The van der Waals surface area contributed by atoms with Crippen LogP contribution in [-0.4, -0.2) is 37.1 Å². The summed E-state index contributed by atoms with van der Waals surface area (Å²) in [5, 5.41) is 25.1. The van der Waals surface area contributed by atoms with Crippen molar-refractivity contribution in [1.82, 2.24) is 15.2 Å². The smallest absolute Gasteiger partial charge is 0.313 e. The highest BCUT2D eigenvalue weighted by Crippen LogP contribution is 2.29. The highest BCUT2D eigenvalue weighted by atomic mass is 35.5. The molecular weight excluding hydrogens is 278 g/mol. The number of aromatic nitrogens is 3. The number of carboxylic acid groups (broad SMARTS) is 1. The molecule has 0 atom stereocenters. The van der Waals surface area contributed by atoms with Gasteiger partial charge in [-0.15, -0.1) is 5.10 Å². The first-order valence-electron chi connectivity index (χ1n) is 4.82. The monoisotopic (exact) mass is 285 g/mol. The number of thioether (sulfide) groups is 1. The van der Waals surface area contributed by atoms with Gasteiger partial charge in [0, 0.05) is 5.56 Å². The Hall–Kier alpha value is -1.73. The zero-order valence-electron chi connectivity index (χ0n) is 8.92. The maximum absolute atomic E-state index is 10.4. The second kappa shape index (κ2) is 5.28. The molecule has 0 amide bonds. The average molecular weight is 286 g/mol. The third kappa shape index (κ3) is 2.93. The minimum absolute atomic E-state index is 0.0607. The van der Waals surface area contributed by atoms with Crippen LogP contribution in [0.3, 0.4) is 0 Å². The number of nitrogens with one attached hydrogen (secondary N) is 1. The molecule has 0 saturated heterocycles. The van der Waals surface area contributed by atoms with E-state index < -0.39 is 5.97 Å². The molecule has 0 unspecified atom stereocenters.